The zero-order chi connectivity index (χ0) is 17.8. The summed E-state index contributed by atoms with van der Waals surface area (Å²) in [4.78, 5) is 14.9. The molecule has 1 unspecified atom stereocenters. The SMILES string of the molecule is CC(C(=O)Nc1ccnn1C(C)C)N1CCC(Cn2ccnn2)CC1. The lowest BCUT2D eigenvalue weighted by atomic mass is 9.96. The summed E-state index contributed by atoms with van der Waals surface area (Å²) < 4.78 is 3.72. The van der Waals surface area contributed by atoms with Crippen molar-refractivity contribution in [3.8, 4) is 0 Å². The highest BCUT2D eigenvalue weighted by Gasteiger charge is 2.27. The summed E-state index contributed by atoms with van der Waals surface area (Å²) in [5.74, 6) is 1.38. The topological polar surface area (TPSA) is 80.9 Å². The van der Waals surface area contributed by atoms with Gasteiger partial charge in [0.2, 0.25) is 5.91 Å². The zero-order valence-electron chi connectivity index (χ0n) is 15.2. The molecule has 25 heavy (non-hydrogen) atoms. The van der Waals surface area contributed by atoms with Gasteiger partial charge in [-0.2, -0.15) is 5.10 Å². The minimum atomic E-state index is -0.150. The van der Waals surface area contributed by atoms with Gasteiger partial charge in [0.15, 0.2) is 0 Å². The van der Waals surface area contributed by atoms with Gasteiger partial charge in [0.25, 0.3) is 0 Å². The first-order valence-electron chi connectivity index (χ1n) is 8.97. The molecular weight excluding hydrogens is 318 g/mol. The molecule has 3 rings (SSSR count). The number of hydrogen-bond acceptors (Lipinski definition) is 5. The number of hydrogen-bond donors (Lipinski definition) is 1. The normalized spacial score (nSPS) is 17.8. The van der Waals surface area contributed by atoms with Crippen LogP contribution in [-0.4, -0.2) is 54.7 Å². The van der Waals surface area contributed by atoms with E-state index in [0.29, 0.717) is 5.92 Å². The first-order chi connectivity index (χ1) is 12.0. The fourth-order valence-corrected chi connectivity index (χ4v) is 3.34. The summed E-state index contributed by atoms with van der Waals surface area (Å²) >= 11 is 0. The third-order valence-corrected chi connectivity index (χ3v) is 4.90. The molecule has 1 aliphatic heterocycles. The minimum Gasteiger partial charge on any atom is -0.310 e. The van der Waals surface area contributed by atoms with Crippen LogP contribution in [0.25, 0.3) is 0 Å². The van der Waals surface area contributed by atoms with Crippen LogP contribution >= 0.6 is 0 Å². The van der Waals surface area contributed by atoms with Crippen molar-refractivity contribution in [3.63, 3.8) is 0 Å². The minimum absolute atomic E-state index is 0.0251. The third kappa shape index (κ3) is 4.25. The standard InChI is InChI=1S/C17H27N7O/c1-13(2)24-16(4-7-19-24)20-17(25)14(3)22-9-5-15(6-10-22)12-23-11-8-18-21-23/h4,7-8,11,13-15H,5-6,9-10,12H2,1-3H3,(H,20,25). The number of aromatic nitrogens is 5. The van der Waals surface area contributed by atoms with Crippen molar-refractivity contribution in [1.29, 1.82) is 0 Å². The van der Waals surface area contributed by atoms with Gasteiger partial charge in [-0.25, -0.2) is 4.68 Å². The fourth-order valence-electron chi connectivity index (χ4n) is 3.34. The van der Waals surface area contributed by atoms with Crippen LogP contribution in [0.3, 0.4) is 0 Å². The van der Waals surface area contributed by atoms with Gasteiger partial charge in [-0.1, -0.05) is 5.21 Å². The molecule has 8 heteroatoms. The van der Waals surface area contributed by atoms with Crippen LogP contribution in [-0.2, 0) is 11.3 Å². The van der Waals surface area contributed by atoms with Gasteiger partial charge in [0.1, 0.15) is 5.82 Å². The van der Waals surface area contributed by atoms with E-state index in [1.807, 2.05) is 42.4 Å². The Morgan fingerprint density at radius 3 is 2.68 bits per heavy atom. The summed E-state index contributed by atoms with van der Waals surface area (Å²) in [5.41, 5.74) is 0. The molecule has 0 saturated carbocycles. The number of piperidine rings is 1. The van der Waals surface area contributed by atoms with Crippen LogP contribution in [0, 0.1) is 5.92 Å². The van der Waals surface area contributed by atoms with Crippen LogP contribution in [0.2, 0.25) is 0 Å². The van der Waals surface area contributed by atoms with Crippen LogP contribution in [0.4, 0.5) is 5.82 Å². The number of nitrogens with one attached hydrogen (secondary N) is 1. The predicted octanol–water partition coefficient (Wildman–Crippen LogP) is 1.79. The summed E-state index contributed by atoms with van der Waals surface area (Å²) in [7, 11) is 0. The lowest BCUT2D eigenvalue weighted by Crippen LogP contribution is -2.46. The van der Waals surface area contributed by atoms with Crippen molar-refractivity contribution in [2.75, 3.05) is 18.4 Å². The molecule has 136 valence electrons. The van der Waals surface area contributed by atoms with Crippen LogP contribution in [0.5, 0.6) is 0 Å². The molecule has 1 atom stereocenters. The fraction of sp³-hybridized carbons (Fsp3) is 0.647. The van der Waals surface area contributed by atoms with Crippen molar-refractivity contribution in [3.05, 3.63) is 24.7 Å². The largest absolute Gasteiger partial charge is 0.310 e. The van der Waals surface area contributed by atoms with Crippen LogP contribution in [0.15, 0.2) is 24.7 Å². The monoisotopic (exact) mass is 345 g/mol. The van der Waals surface area contributed by atoms with E-state index in [4.69, 9.17) is 0 Å². The quantitative estimate of drug-likeness (QED) is 0.863. The predicted molar refractivity (Wildman–Crippen MR) is 95.0 cm³/mol. The molecule has 0 radical (unpaired) electrons. The van der Waals surface area contributed by atoms with Gasteiger partial charge < -0.3 is 5.32 Å². The smallest absolute Gasteiger partial charge is 0.242 e. The van der Waals surface area contributed by atoms with Gasteiger partial charge in [0.05, 0.1) is 18.4 Å². The first-order valence-corrected chi connectivity index (χ1v) is 8.97. The molecule has 0 aromatic carbocycles. The Morgan fingerprint density at radius 2 is 2.04 bits per heavy atom. The van der Waals surface area contributed by atoms with E-state index in [0.717, 1.165) is 38.3 Å². The van der Waals surface area contributed by atoms with Gasteiger partial charge in [-0.15, -0.1) is 5.10 Å². The van der Waals surface area contributed by atoms with Crippen molar-refractivity contribution in [1.82, 2.24) is 29.7 Å². The van der Waals surface area contributed by atoms with E-state index in [9.17, 15) is 4.79 Å². The second-order valence-electron chi connectivity index (χ2n) is 7.02. The highest BCUT2D eigenvalue weighted by atomic mass is 16.2. The number of carbonyl (C=O) groups excluding carboxylic acids is 1. The lowest BCUT2D eigenvalue weighted by molar-refractivity contribution is -0.121. The van der Waals surface area contributed by atoms with E-state index in [-0.39, 0.29) is 18.0 Å². The maximum absolute atomic E-state index is 12.6. The summed E-state index contributed by atoms with van der Waals surface area (Å²) in [6, 6.07) is 1.91. The third-order valence-electron chi connectivity index (χ3n) is 4.90. The lowest BCUT2D eigenvalue weighted by Gasteiger charge is -2.35. The Bertz CT molecular complexity index is 671. The summed E-state index contributed by atoms with van der Waals surface area (Å²) in [5, 5.41) is 15.2. The molecule has 0 spiro atoms. The van der Waals surface area contributed by atoms with Crippen molar-refractivity contribution in [2.24, 2.45) is 5.92 Å². The molecule has 1 N–H and O–H groups in total. The van der Waals surface area contributed by atoms with Crippen molar-refractivity contribution in [2.45, 2.75) is 52.2 Å². The number of nitrogens with zero attached hydrogens (tertiary/aromatic N) is 6. The van der Waals surface area contributed by atoms with E-state index in [1.54, 1.807) is 12.4 Å². The average molecular weight is 345 g/mol. The van der Waals surface area contributed by atoms with Crippen LogP contribution in [0.1, 0.15) is 39.7 Å². The maximum atomic E-state index is 12.6. The van der Waals surface area contributed by atoms with E-state index in [2.05, 4.69) is 25.6 Å². The Balaban J connectivity index is 1.50. The maximum Gasteiger partial charge on any atom is 0.242 e. The molecule has 2 aromatic rings. The molecular formula is C17H27N7O. The van der Waals surface area contributed by atoms with Gasteiger partial charge in [0, 0.05) is 24.8 Å². The van der Waals surface area contributed by atoms with Crippen LogP contribution < -0.4 is 5.32 Å². The first kappa shape index (κ1) is 17.6. The Kier molecular flexibility index (Phi) is 5.47. The Hall–Kier alpha value is -2.22. The highest BCUT2D eigenvalue weighted by molar-refractivity contribution is 5.93. The van der Waals surface area contributed by atoms with Crippen molar-refractivity contribution < 1.29 is 4.79 Å². The second kappa shape index (κ2) is 7.77. The van der Waals surface area contributed by atoms with Gasteiger partial charge >= 0.3 is 0 Å². The molecule has 0 bridgehead atoms. The second-order valence-corrected chi connectivity index (χ2v) is 7.02. The average Bonchev–Trinajstić information content (AvgIpc) is 3.26. The molecule has 8 nitrogen and oxygen atoms in total. The number of likely N-dealkylation sites (tertiary alicyclic amines) is 1. The summed E-state index contributed by atoms with van der Waals surface area (Å²) in [6.07, 6.45) is 7.47. The number of anilines is 1. The number of amides is 1. The molecule has 0 aliphatic carbocycles. The number of rotatable bonds is 6. The molecule has 1 aliphatic rings. The molecule has 1 fully saturated rings. The molecule has 1 amide bonds. The molecule has 1 saturated heterocycles. The van der Waals surface area contributed by atoms with Gasteiger partial charge in [-0.3, -0.25) is 14.4 Å². The van der Waals surface area contributed by atoms with E-state index < -0.39 is 0 Å². The van der Waals surface area contributed by atoms with Gasteiger partial charge in [-0.05, 0) is 52.6 Å². The molecule has 3 heterocycles. The Labute approximate surface area is 148 Å². The summed E-state index contributed by atoms with van der Waals surface area (Å²) in [6.45, 7) is 8.83. The molecule has 2 aromatic heterocycles. The number of carbonyl (C=O) groups is 1. The zero-order valence-corrected chi connectivity index (χ0v) is 15.2. The van der Waals surface area contributed by atoms with E-state index >= 15 is 0 Å². The Morgan fingerprint density at radius 1 is 1.28 bits per heavy atom. The van der Waals surface area contributed by atoms with E-state index in [1.165, 1.54) is 0 Å². The van der Waals surface area contributed by atoms with Crippen molar-refractivity contribution >= 4 is 11.7 Å². The highest BCUT2D eigenvalue weighted by Crippen LogP contribution is 2.21.